The Kier molecular flexibility index (Phi) is 1.48. The Balaban J connectivity index is 2.77. The summed E-state index contributed by atoms with van der Waals surface area (Å²) in [5.41, 5.74) is 0. The summed E-state index contributed by atoms with van der Waals surface area (Å²) < 4.78 is 0. The Hall–Kier alpha value is -0.580. The second kappa shape index (κ2) is 2.13. The molecule has 0 radical (unpaired) electrons. The maximum atomic E-state index is 5.18. The van der Waals surface area contributed by atoms with E-state index in [1.807, 2.05) is 17.5 Å². The number of anilines is 1. The Labute approximate surface area is 51.5 Å². The molecule has 44 valence electrons. The molecule has 0 fully saturated rings. The topological polar surface area (TPSA) is 55.3 Å². The summed E-state index contributed by atoms with van der Waals surface area (Å²) in [6.45, 7) is 0. The van der Waals surface area contributed by atoms with Gasteiger partial charge in [0.2, 0.25) is 0 Å². The first-order valence-electron chi connectivity index (χ1n) is 2.14. The molecule has 1 heterocycles. The number of nitrogens with zero attached hydrogens (tertiary/aromatic N) is 1. The number of hydrazine groups is 2. The van der Waals surface area contributed by atoms with Gasteiger partial charge in [-0.15, -0.1) is 11.3 Å². The van der Waals surface area contributed by atoms with Crippen LogP contribution >= 0.6 is 11.3 Å². The smallest absolute Gasteiger partial charge is 0.122 e. The predicted octanol–water partition coefficient (Wildman–Crippen LogP) is 0.302. The number of rotatable bonds is 1. The highest BCUT2D eigenvalue weighted by atomic mass is 32.1. The summed E-state index contributed by atoms with van der Waals surface area (Å²) in [6, 6.07) is 3.75. The van der Waals surface area contributed by atoms with Crippen LogP contribution in [0, 0.1) is 0 Å². The lowest BCUT2D eigenvalue weighted by molar-refractivity contribution is 0.939. The molecule has 0 saturated heterocycles. The van der Waals surface area contributed by atoms with Gasteiger partial charge in [0.05, 0.1) is 0 Å². The van der Waals surface area contributed by atoms with Gasteiger partial charge in [-0.2, -0.15) is 0 Å². The van der Waals surface area contributed by atoms with Crippen molar-refractivity contribution in [2.24, 2.45) is 11.7 Å². The van der Waals surface area contributed by atoms with Crippen molar-refractivity contribution >= 4 is 16.3 Å². The molecule has 0 spiro atoms. The van der Waals surface area contributed by atoms with Crippen LogP contribution in [0.3, 0.4) is 0 Å². The zero-order valence-corrected chi connectivity index (χ0v) is 5.06. The van der Waals surface area contributed by atoms with Gasteiger partial charge in [-0.05, 0) is 17.5 Å². The minimum absolute atomic E-state index is 0.866. The molecule has 0 unspecified atom stereocenters. The predicted molar refractivity (Wildman–Crippen MR) is 35.2 cm³/mol. The van der Waals surface area contributed by atoms with Crippen molar-refractivity contribution in [3.63, 3.8) is 0 Å². The van der Waals surface area contributed by atoms with Gasteiger partial charge in [0, 0.05) is 0 Å². The lowest BCUT2D eigenvalue weighted by Gasteiger charge is -2.05. The van der Waals surface area contributed by atoms with Crippen LogP contribution in [-0.4, -0.2) is 0 Å². The number of thiophene rings is 1. The van der Waals surface area contributed by atoms with Crippen LogP contribution in [0.1, 0.15) is 0 Å². The van der Waals surface area contributed by atoms with Gasteiger partial charge in [0.15, 0.2) is 0 Å². The number of nitrogens with two attached hydrogens (primary N) is 2. The van der Waals surface area contributed by atoms with E-state index in [2.05, 4.69) is 0 Å². The highest BCUT2D eigenvalue weighted by Crippen LogP contribution is 2.14. The normalized spacial score (nSPS) is 9.25. The average Bonchev–Trinajstić information content (AvgIpc) is 2.12. The van der Waals surface area contributed by atoms with Crippen molar-refractivity contribution < 1.29 is 0 Å². The molecule has 1 aromatic rings. The van der Waals surface area contributed by atoms with Crippen LogP contribution in [0.25, 0.3) is 0 Å². The van der Waals surface area contributed by atoms with Crippen LogP contribution in [0.2, 0.25) is 0 Å². The molecule has 0 atom stereocenters. The third-order valence-electron chi connectivity index (χ3n) is 0.761. The average molecular weight is 129 g/mol. The Morgan fingerprint density at radius 1 is 1.50 bits per heavy atom. The molecule has 3 nitrogen and oxygen atoms in total. The van der Waals surface area contributed by atoms with Gasteiger partial charge in [0.1, 0.15) is 5.00 Å². The lowest BCUT2D eigenvalue weighted by Crippen LogP contribution is -2.36. The fraction of sp³-hybridized carbons (Fsp3) is 0. The molecule has 1 aromatic heterocycles. The minimum atomic E-state index is 0.866. The Morgan fingerprint density at radius 2 is 2.25 bits per heavy atom. The quantitative estimate of drug-likeness (QED) is 0.423. The van der Waals surface area contributed by atoms with E-state index in [1.165, 1.54) is 11.3 Å². The van der Waals surface area contributed by atoms with Crippen molar-refractivity contribution in [2.75, 3.05) is 5.12 Å². The van der Waals surface area contributed by atoms with E-state index in [9.17, 15) is 0 Å². The fourth-order valence-electron chi connectivity index (χ4n) is 0.417. The summed E-state index contributed by atoms with van der Waals surface area (Å²) in [5, 5.41) is 3.89. The third kappa shape index (κ3) is 0.975. The summed E-state index contributed by atoms with van der Waals surface area (Å²) in [6.07, 6.45) is 0. The van der Waals surface area contributed by atoms with Crippen molar-refractivity contribution in [3.8, 4) is 0 Å². The summed E-state index contributed by atoms with van der Waals surface area (Å²) in [7, 11) is 0. The molecule has 0 aromatic carbocycles. The van der Waals surface area contributed by atoms with Crippen molar-refractivity contribution in [1.29, 1.82) is 0 Å². The third-order valence-corrected chi connectivity index (χ3v) is 1.64. The molecule has 0 aliphatic rings. The van der Waals surface area contributed by atoms with Gasteiger partial charge in [-0.1, -0.05) is 0 Å². The molecule has 4 heteroatoms. The maximum absolute atomic E-state index is 5.18. The van der Waals surface area contributed by atoms with Gasteiger partial charge in [0.25, 0.3) is 0 Å². The van der Waals surface area contributed by atoms with Gasteiger partial charge >= 0.3 is 0 Å². The molecule has 0 aliphatic heterocycles. The first kappa shape index (κ1) is 5.55. The Morgan fingerprint density at radius 3 is 2.50 bits per heavy atom. The summed E-state index contributed by atoms with van der Waals surface area (Å²) >= 11 is 1.51. The summed E-state index contributed by atoms with van der Waals surface area (Å²) in [4.78, 5) is 0. The SMILES string of the molecule is NN(N)c1cccs1. The molecule has 1 rings (SSSR count). The van der Waals surface area contributed by atoms with Gasteiger partial charge < -0.3 is 0 Å². The van der Waals surface area contributed by atoms with Gasteiger partial charge in [-0.25, -0.2) is 16.8 Å². The van der Waals surface area contributed by atoms with Gasteiger partial charge in [-0.3, -0.25) is 0 Å². The van der Waals surface area contributed by atoms with E-state index in [0.717, 1.165) is 10.1 Å². The minimum Gasteiger partial charge on any atom is -0.237 e. The van der Waals surface area contributed by atoms with Crippen molar-refractivity contribution in [2.45, 2.75) is 0 Å². The molecule has 0 saturated carbocycles. The largest absolute Gasteiger partial charge is 0.237 e. The first-order chi connectivity index (χ1) is 3.80. The van der Waals surface area contributed by atoms with Crippen LogP contribution in [0.15, 0.2) is 17.5 Å². The monoisotopic (exact) mass is 129 g/mol. The molecule has 0 aliphatic carbocycles. The molecule has 4 N–H and O–H groups in total. The fourth-order valence-corrected chi connectivity index (χ4v) is 0.992. The highest BCUT2D eigenvalue weighted by molar-refractivity contribution is 7.14. The number of hydrogen-bond donors (Lipinski definition) is 2. The molecule has 0 bridgehead atoms. The van der Waals surface area contributed by atoms with Crippen LogP contribution in [0.4, 0.5) is 5.00 Å². The second-order valence-corrected chi connectivity index (χ2v) is 2.28. The highest BCUT2D eigenvalue weighted by Gasteiger charge is 1.91. The summed E-state index contributed by atoms with van der Waals surface area (Å²) in [5.74, 6) is 10.4. The van der Waals surface area contributed by atoms with E-state index >= 15 is 0 Å². The Bertz CT molecular complexity index is 146. The van der Waals surface area contributed by atoms with Crippen molar-refractivity contribution in [3.05, 3.63) is 17.5 Å². The maximum Gasteiger partial charge on any atom is 0.122 e. The zero-order chi connectivity index (χ0) is 5.98. The standard InChI is InChI=1S/C4H7N3S/c5-7(6)4-2-1-3-8-4/h1-3H,5-6H2. The lowest BCUT2D eigenvalue weighted by atomic mass is 10.6. The molecule has 0 amide bonds. The first-order valence-corrected chi connectivity index (χ1v) is 3.01. The van der Waals surface area contributed by atoms with E-state index in [4.69, 9.17) is 11.7 Å². The molecular weight excluding hydrogens is 122 g/mol. The molecular formula is C4H7N3S. The van der Waals surface area contributed by atoms with Crippen LogP contribution in [0.5, 0.6) is 0 Å². The van der Waals surface area contributed by atoms with Crippen LogP contribution < -0.4 is 16.8 Å². The number of hydrogen-bond acceptors (Lipinski definition) is 4. The second-order valence-electron chi connectivity index (χ2n) is 1.36. The zero-order valence-electron chi connectivity index (χ0n) is 4.24. The van der Waals surface area contributed by atoms with Crippen LogP contribution in [-0.2, 0) is 0 Å². The van der Waals surface area contributed by atoms with E-state index in [1.54, 1.807) is 0 Å². The van der Waals surface area contributed by atoms with E-state index < -0.39 is 0 Å². The molecule has 8 heavy (non-hydrogen) atoms. The van der Waals surface area contributed by atoms with E-state index in [0.29, 0.717) is 0 Å². The van der Waals surface area contributed by atoms with E-state index in [-0.39, 0.29) is 0 Å². The van der Waals surface area contributed by atoms with Crippen molar-refractivity contribution in [1.82, 2.24) is 0 Å².